The molecule has 7 heteroatoms. The fourth-order valence-electron chi connectivity index (χ4n) is 2.46. The van der Waals surface area contributed by atoms with Crippen LogP contribution in [0.5, 0.6) is 0 Å². The molecule has 0 bridgehead atoms. The molecule has 0 atom stereocenters. The molecule has 1 aromatic rings. The predicted molar refractivity (Wildman–Crippen MR) is 74.1 cm³/mol. The molecular weight excluding hydrogens is 280 g/mol. The zero-order valence-electron chi connectivity index (χ0n) is 11.6. The third-order valence-corrected chi connectivity index (χ3v) is 5.36. The quantitative estimate of drug-likeness (QED) is 0.791. The number of nitrogens with one attached hydrogen (secondary N) is 2. The lowest BCUT2D eigenvalue weighted by Crippen LogP contribution is -2.39. The predicted octanol–water partition coefficient (Wildman–Crippen LogP) is 1.96. The van der Waals surface area contributed by atoms with Gasteiger partial charge in [0.05, 0.1) is 0 Å². The van der Waals surface area contributed by atoms with E-state index in [1.54, 1.807) is 0 Å². The van der Waals surface area contributed by atoms with Crippen LogP contribution in [0.4, 0.5) is 0 Å². The van der Waals surface area contributed by atoms with Crippen LogP contribution in [0.15, 0.2) is 17.2 Å². The number of aromatic nitrogens is 1. The maximum absolute atomic E-state index is 12.2. The fraction of sp³-hybridized carbons (Fsp3) is 0.615. The van der Waals surface area contributed by atoms with Gasteiger partial charge in [0.25, 0.3) is 0 Å². The van der Waals surface area contributed by atoms with E-state index in [9.17, 15) is 13.2 Å². The number of carboxylic acids is 1. The van der Waals surface area contributed by atoms with Crippen LogP contribution in [0.1, 0.15) is 50.0 Å². The summed E-state index contributed by atoms with van der Waals surface area (Å²) in [7, 11) is -3.65. The van der Waals surface area contributed by atoms with E-state index in [-0.39, 0.29) is 22.0 Å². The van der Waals surface area contributed by atoms with Gasteiger partial charge in [-0.05, 0) is 37.2 Å². The summed E-state index contributed by atoms with van der Waals surface area (Å²) in [6.07, 6.45) is 4.78. The lowest BCUT2D eigenvalue weighted by molar-refractivity contribution is 0.0691. The Labute approximate surface area is 118 Å². The van der Waals surface area contributed by atoms with Crippen molar-refractivity contribution >= 4 is 16.0 Å². The van der Waals surface area contributed by atoms with Crippen LogP contribution >= 0.6 is 0 Å². The Morgan fingerprint density at radius 3 is 2.50 bits per heavy atom. The van der Waals surface area contributed by atoms with Crippen molar-refractivity contribution in [3.63, 3.8) is 0 Å². The molecule has 1 aromatic heterocycles. The Bertz CT molecular complexity index is 594. The zero-order valence-corrected chi connectivity index (χ0v) is 12.5. The van der Waals surface area contributed by atoms with Crippen molar-refractivity contribution in [1.29, 1.82) is 0 Å². The topological polar surface area (TPSA) is 99.3 Å². The van der Waals surface area contributed by atoms with Gasteiger partial charge in [-0.25, -0.2) is 17.9 Å². The first-order chi connectivity index (χ1) is 9.20. The summed E-state index contributed by atoms with van der Waals surface area (Å²) in [5.74, 6) is -1.18. The van der Waals surface area contributed by atoms with Crippen molar-refractivity contribution in [3.8, 4) is 0 Å². The number of carboxylic acid groups (broad SMARTS) is 1. The molecule has 1 saturated carbocycles. The van der Waals surface area contributed by atoms with Crippen molar-refractivity contribution in [2.75, 3.05) is 0 Å². The highest BCUT2D eigenvalue weighted by Gasteiger charge is 2.30. The highest BCUT2D eigenvalue weighted by atomic mass is 32.2. The minimum absolute atomic E-state index is 0.0280. The maximum Gasteiger partial charge on any atom is 0.352 e. The summed E-state index contributed by atoms with van der Waals surface area (Å²) in [4.78, 5) is 13.2. The van der Waals surface area contributed by atoms with Gasteiger partial charge >= 0.3 is 5.97 Å². The van der Waals surface area contributed by atoms with Gasteiger partial charge in [0, 0.05) is 12.2 Å². The highest BCUT2D eigenvalue weighted by Crippen LogP contribution is 2.35. The Hall–Kier alpha value is -1.34. The first kappa shape index (κ1) is 15.1. The van der Waals surface area contributed by atoms with Crippen molar-refractivity contribution in [2.24, 2.45) is 5.41 Å². The van der Waals surface area contributed by atoms with Gasteiger partial charge in [0.1, 0.15) is 10.6 Å². The van der Waals surface area contributed by atoms with Crippen molar-refractivity contribution < 1.29 is 18.3 Å². The fourth-order valence-corrected chi connectivity index (χ4v) is 3.76. The van der Waals surface area contributed by atoms with E-state index in [0.29, 0.717) is 0 Å². The van der Waals surface area contributed by atoms with E-state index in [4.69, 9.17) is 5.11 Å². The maximum atomic E-state index is 12.2. The summed E-state index contributed by atoms with van der Waals surface area (Å²) in [6, 6.07) is 1.06. The number of aromatic amines is 1. The van der Waals surface area contributed by atoms with Crippen molar-refractivity contribution in [2.45, 2.75) is 50.5 Å². The van der Waals surface area contributed by atoms with Crippen molar-refractivity contribution in [1.82, 2.24) is 9.71 Å². The van der Waals surface area contributed by atoms with Gasteiger partial charge in [-0.2, -0.15) is 0 Å². The van der Waals surface area contributed by atoms with E-state index in [1.165, 1.54) is 6.20 Å². The van der Waals surface area contributed by atoms with Gasteiger partial charge in [0.2, 0.25) is 10.0 Å². The van der Waals surface area contributed by atoms with Crippen LogP contribution in [0, 0.1) is 5.41 Å². The number of hydrogen-bond acceptors (Lipinski definition) is 3. The second-order valence-electron chi connectivity index (χ2n) is 6.11. The summed E-state index contributed by atoms with van der Waals surface area (Å²) >= 11 is 0. The first-order valence-corrected chi connectivity index (χ1v) is 8.12. The van der Waals surface area contributed by atoms with E-state index >= 15 is 0 Å². The molecule has 0 unspecified atom stereocenters. The van der Waals surface area contributed by atoms with Crippen molar-refractivity contribution in [3.05, 3.63) is 18.0 Å². The normalized spacial score (nSPS) is 19.9. The number of carbonyl (C=O) groups is 1. The van der Waals surface area contributed by atoms with Gasteiger partial charge in [0.15, 0.2) is 0 Å². The molecule has 20 heavy (non-hydrogen) atoms. The molecule has 0 radical (unpaired) electrons. The summed E-state index contributed by atoms with van der Waals surface area (Å²) in [6.45, 7) is 4.37. The average molecular weight is 300 g/mol. The number of hydrogen-bond donors (Lipinski definition) is 3. The van der Waals surface area contributed by atoms with E-state index in [1.807, 2.05) is 0 Å². The molecule has 112 valence electrons. The average Bonchev–Trinajstić information content (AvgIpc) is 2.82. The second-order valence-corrected chi connectivity index (χ2v) is 7.83. The molecule has 6 nitrogen and oxygen atoms in total. The van der Waals surface area contributed by atoms with E-state index < -0.39 is 16.0 Å². The summed E-state index contributed by atoms with van der Waals surface area (Å²) in [5, 5.41) is 8.80. The monoisotopic (exact) mass is 300 g/mol. The van der Waals surface area contributed by atoms with Crippen LogP contribution in [0.3, 0.4) is 0 Å². The zero-order chi connectivity index (χ0) is 15.0. The van der Waals surface area contributed by atoms with Crippen LogP contribution in [0.25, 0.3) is 0 Å². The first-order valence-electron chi connectivity index (χ1n) is 6.64. The Kier molecular flexibility index (Phi) is 3.93. The van der Waals surface area contributed by atoms with E-state index in [2.05, 4.69) is 23.6 Å². The molecule has 2 rings (SSSR count). The molecule has 1 fully saturated rings. The molecule has 0 amide bonds. The minimum atomic E-state index is -3.65. The molecule has 0 saturated heterocycles. The molecule has 0 aliphatic heterocycles. The van der Waals surface area contributed by atoms with Gasteiger partial charge in [-0.3, -0.25) is 0 Å². The lowest BCUT2D eigenvalue weighted by atomic mass is 9.76. The Balaban J connectivity index is 2.06. The van der Waals surface area contributed by atoms with Crippen LogP contribution < -0.4 is 4.72 Å². The smallest absolute Gasteiger partial charge is 0.352 e. The molecular formula is C13H20N2O4S. The molecule has 3 N–H and O–H groups in total. The van der Waals surface area contributed by atoms with E-state index in [0.717, 1.165) is 31.7 Å². The minimum Gasteiger partial charge on any atom is -0.477 e. The molecule has 0 spiro atoms. The largest absolute Gasteiger partial charge is 0.477 e. The number of H-pyrrole nitrogens is 1. The second kappa shape index (κ2) is 5.21. The summed E-state index contributed by atoms with van der Waals surface area (Å²) < 4.78 is 27.0. The molecule has 1 aliphatic carbocycles. The van der Waals surface area contributed by atoms with Gasteiger partial charge in [-0.1, -0.05) is 13.8 Å². The van der Waals surface area contributed by atoms with Crippen LogP contribution in [-0.4, -0.2) is 30.5 Å². The molecule has 1 heterocycles. The molecule has 0 aromatic carbocycles. The third kappa shape index (κ3) is 3.40. The third-order valence-electron chi connectivity index (χ3n) is 3.86. The number of sulfonamides is 1. The highest BCUT2D eigenvalue weighted by molar-refractivity contribution is 7.89. The van der Waals surface area contributed by atoms with Gasteiger partial charge < -0.3 is 10.1 Å². The van der Waals surface area contributed by atoms with Crippen LogP contribution in [0.2, 0.25) is 0 Å². The Morgan fingerprint density at radius 1 is 1.40 bits per heavy atom. The van der Waals surface area contributed by atoms with Crippen LogP contribution in [-0.2, 0) is 10.0 Å². The Morgan fingerprint density at radius 2 is 2.00 bits per heavy atom. The molecule has 1 aliphatic rings. The lowest BCUT2D eigenvalue weighted by Gasteiger charge is -2.34. The SMILES string of the molecule is CC1(C)CCC(NS(=O)(=O)c2c[nH]c(C(=O)O)c2)CC1. The number of aromatic carboxylic acids is 1. The van der Waals surface area contributed by atoms with Gasteiger partial charge in [-0.15, -0.1) is 0 Å². The standard InChI is InChI=1S/C13H20N2O4S/c1-13(2)5-3-9(4-6-13)15-20(18,19)10-7-11(12(16)17)14-8-10/h7-9,14-15H,3-6H2,1-2H3,(H,16,17). The number of rotatable bonds is 4. The summed E-state index contributed by atoms with van der Waals surface area (Å²) in [5.41, 5.74) is 0.141.